The highest BCUT2D eigenvalue weighted by Crippen LogP contribution is 2.23. The van der Waals surface area contributed by atoms with E-state index in [-0.39, 0.29) is 0 Å². The van der Waals surface area contributed by atoms with Crippen molar-refractivity contribution in [1.29, 1.82) is 0 Å². The van der Waals surface area contributed by atoms with Crippen LogP contribution in [0.4, 0.5) is 0 Å². The molecular formula is C14H24N2S. The van der Waals surface area contributed by atoms with Crippen LogP contribution >= 0.6 is 11.3 Å². The van der Waals surface area contributed by atoms with Crippen molar-refractivity contribution in [2.45, 2.75) is 70.4 Å². The molecule has 96 valence electrons. The average Bonchev–Trinajstić information content (AvgIpc) is 2.81. The number of thiazole rings is 1. The standard InChI is InChI=1S/C14H24N2S/c1-2-13(14-15-10-11-17-14)16-12-8-6-4-3-5-7-9-12/h10-13,16H,2-9H2,1H3. The maximum atomic E-state index is 4.45. The zero-order valence-electron chi connectivity index (χ0n) is 10.8. The Morgan fingerprint density at radius 1 is 1.29 bits per heavy atom. The summed E-state index contributed by atoms with van der Waals surface area (Å²) in [6.45, 7) is 2.25. The van der Waals surface area contributed by atoms with Crippen LogP contribution in [-0.2, 0) is 0 Å². The largest absolute Gasteiger partial charge is 0.305 e. The molecule has 1 atom stereocenters. The van der Waals surface area contributed by atoms with Crippen LogP contribution in [0.1, 0.15) is 69.3 Å². The summed E-state index contributed by atoms with van der Waals surface area (Å²) in [5, 5.41) is 7.16. The zero-order chi connectivity index (χ0) is 11.9. The number of hydrogen-bond donors (Lipinski definition) is 1. The Morgan fingerprint density at radius 3 is 2.59 bits per heavy atom. The molecule has 1 N–H and O–H groups in total. The molecule has 17 heavy (non-hydrogen) atoms. The quantitative estimate of drug-likeness (QED) is 0.864. The van der Waals surface area contributed by atoms with Crippen molar-refractivity contribution in [3.05, 3.63) is 16.6 Å². The van der Waals surface area contributed by atoms with Crippen LogP contribution in [-0.4, -0.2) is 11.0 Å². The first-order valence-electron chi connectivity index (χ1n) is 7.05. The summed E-state index contributed by atoms with van der Waals surface area (Å²) in [5.74, 6) is 0. The Labute approximate surface area is 109 Å². The normalized spacial score (nSPS) is 20.8. The summed E-state index contributed by atoms with van der Waals surface area (Å²) >= 11 is 1.78. The number of rotatable bonds is 4. The van der Waals surface area contributed by atoms with Gasteiger partial charge in [0.1, 0.15) is 5.01 Å². The van der Waals surface area contributed by atoms with Crippen molar-refractivity contribution < 1.29 is 0 Å². The second-order valence-corrected chi connectivity index (χ2v) is 5.97. The maximum absolute atomic E-state index is 4.45. The summed E-state index contributed by atoms with van der Waals surface area (Å²) in [6, 6.07) is 1.18. The van der Waals surface area contributed by atoms with E-state index >= 15 is 0 Å². The third-order valence-electron chi connectivity index (χ3n) is 3.70. The van der Waals surface area contributed by atoms with Gasteiger partial charge in [-0.15, -0.1) is 11.3 Å². The molecule has 0 saturated heterocycles. The van der Waals surface area contributed by atoms with Crippen LogP contribution in [0, 0.1) is 0 Å². The predicted octanol–water partition coefficient (Wildman–Crippen LogP) is 4.30. The molecule has 1 aromatic rings. The lowest BCUT2D eigenvalue weighted by molar-refractivity contribution is 0.349. The van der Waals surface area contributed by atoms with Gasteiger partial charge in [0.25, 0.3) is 0 Å². The Bertz CT molecular complexity index is 289. The fraction of sp³-hybridized carbons (Fsp3) is 0.786. The van der Waals surface area contributed by atoms with Gasteiger partial charge in [-0.25, -0.2) is 4.98 Å². The van der Waals surface area contributed by atoms with Crippen molar-refractivity contribution in [2.75, 3.05) is 0 Å². The molecule has 2 rings (SSSR count). The van der Waals surface area contributed by atoms with Gasteiger partial charge in [0, 0.05) is 17.6 Å². The first-order chi connectivity index (χ1) is 8.40. The molecule has 1 heterocycles. The van der Waals surface area contributed by atoms with Crippen molar-refractivity contribution in [3.63, 3.8) is 0 Å². The molecular weight excluding hydrogens is 228 g/mol. The lowest BCUT2D eigenvalue weighted by Crippen LogP contribution is -2.33. The van der Waals surface area contributed by atoms with Crippen molar-refractivity contribution in [1.82, 2.24) is 10.3 Å². The van der Waals surface area contributed by atoms with Crippen LogP contribution in [0.2, 0.25) is 0 Å². The van der Waals surface area contributed by atoms with Gasteiger partial charge in [0.15, 0.2) is 0 Å². The van der Waals surface area contributed by atoms with Gasteiger partial charge < -0.3 is 5.32 Å². The van der Waals surface area contributed by atoms with E-state index < -0.39 is 0 Å². The van der Waals surface area contributed by atoms with Gasteiger partial charge in [-0.05, 0) is 19.3 Å². The molecule has 2 nitrogen and oxygen atoms in total. The second kappa shape index (κ2) is 7.12. The molecule has 1 aliphatic carbocycles. The highest BCUT2D eigenvalue weighted by atomic mass is 32.1. The molecule has 1 aliphatic rings. The highest BCUT2D eigenvalue weighted by molar-refractivity contribution is 7.09. The molecule has 0 bridgehead atoms. The van der Waals surface area contributed by atoms with Crippen LogP contribution in [0.5, 0.6) is 0 Å². The van der Waals surface area contributed by atoms with Gasteiger partial charge in [-0.3, -0.25) is 0 Å². The Balaban J connectivity index is 1.88. The van der Waals surface area contributed by atoms with E-state index in [2.05, 4.69) is 22.6 Å². The van der Waals surface area contributed by atoms with E-state index in [1.807, 2.05) is 6.20 Å². The molecule has 0 radical (unpaired) electrons. The van der Waals surface area contributed by atoms with Gasteiger partial charge in [-0.2, -0.15) is 0 Å². The number of aromatic nitrogens is 1. The van der Waals surface area contributed by atoms with E-state index in [4.69, 9.17) is 0 Å². The molecule has 1 saturated carbocycles. The van der Waals surface area contributed by atoms with E-state index in [9.17, 15) is 0 Å². The Kier molecular flexibility index (Phi) is 5.46. The monoisotopic (exact) mass is 252 g/mol. The second-order valence-electron chi connectivity index (χ2n) is 5.04. The minimum absolute atomic E-state index is 0.472. The summed E-state index contributed by atoms with van der Waals surface area (Å²) in [5.41, 5.74) is 0. The Hall–Kier alpha value is -0.410. The van der Waals surface area contributed by atoms with Gasteiger partial charge in [-0.1, -0.05) is 39.0 Å². The van der Waals surface area contributed by atoms with Gasteiger partial charge in [0.2, 0.25) is 0 Å². The fourth-order valence-corrected chi connectivity index (χ4v) is 3.46. The molecule has 0 spiro atoms. The predicted molar refractivity (Wildman–Crippen MR) is 74.4 cm³/mol. The summed E-state index contributed by atoms with van der Waals surface area (Å²) < 4.78 is 0. The zero-order valence-corrected chi connectivity index (χ0v) is 11.6. The van der Waals surface area contributed by atoms with E-state index in [1.54, 1.807) is 11.3 Å². The van der Waals surface area contributed by atoms with Crippen molar-refractivity contribution >= 4 is 11.3 Å². The maximum Gasteiger partial charge on any atom is 0.109 e. The molecule has 1 fully saturated rings. The van der Waals surface area contributed by atoms with Gasteiger partial charge >= 0.3 is 0 Å². The molecule has 1 unspecified atom stereocenters. The first kappa shape index (κ1) is 13.0. The number of hydrogen-bond acceptors (Lipinski definition) is 3. The van der Waals surface area contributed by atoms with E-state index in [0.717, 1.165) is 6.42 Å². The fourth-order valence-electron chi connectivity index (χ4n) is 2.68. The minimum Gasteiger partial charge on any atom is -0.305 e. The topological polar surface area (TPSA) is 24.9 Å². The molecule has 0 aliphatic heterocycles. The molecule has 3 heteroatoms. The third kappa shape index (κ3) is 4.07. The van der Waals surface area contributed by atoms with Crippen LogP contribution in [0.25, 0.3) is 0 Å². The molecule has 0 aromatic carbocycles. The lowest BCUT2D eigenvalue weighted by atomic mass is 9.96. The number of nitrogens with zero attached hydrogens (tertiary/aromatic N) is 1. The molecule has 0 amide bonds. The average molecular weight is 252 g/mol. The van der Waals surface area contributed by atoms with Crippen LogP contribution in [0.15, 0.2) is 11.6 Å². The SMILES string of the molecule is CCC(NC1CCCCCCC1)c1nccs1. The van der Waals surface area contributed by atoms with Gasteiger partial charge in [0.05, 0.1) is 6.04 Å². The Morgan fingerprint density at radius 2 is 2.00 bits per heavy atom. The van der Waals surface area contributed by atoms with Crippen molar-refractivity contribution in [3.8, 4) is 0 Å². The third-order valence-corrected chi connectivity index (χ3v) is 4.59. The van der Waals surface area contributed by atoms with Crippen molar-refractivity contribution in [2.24, 2.45) is 0 Å². The van der Waals surface area contributed by atoms with Crippen LogP contribution in [0.3, 0.4) is 0 Å². The lowest BCUT2D eigenvalue weighted by Gasteiger charge is -2.25. The minimum atomic E-state index is 0.472. The summed E-state index contributed by atoms with van der Waals surface area (Å²) in [4.78, 5) is 4.45. The van der Waals surface area contributed by atoms with E-state index in [1.165, 1.54) is 50.0 Å². The smallest absolute Gasteiger partial charge is 0.109 e. The van der Waals surface area contributed by atoms with E-state index in [0.29, 0.717) is 12.1 Å². The summed E-state index contributed by atoms with van der Waals surface area (Å²) in [7, 11) is 0. The van der Waals surface area contributed by atoms with Crippen LogP contribution < -0.4 is 5.32 Å². The molecule has 1 aromatic heterocycles. The number of nitrogens with one attached hydrogen (secondary N) is 1. The summed E-state index contributed by atoms with van der Waals surface area (Å²) in [6.07, 6.45) is 12.8. The highest BCUT2D eigenvalue weighted by Gasteiger charge is 2.18. The first-order valence-corrected chi connectivity index (χ1v) is 7.93.